The summed E-state index contributed by atoms with van der Waals surface area (Å²) in [5.41, 5.74) is 2.08. The lowest BCUT2D eigenvalue weighted by Crippen LogP contribution is -2.39. The molecule has 128 valence electrons. The summed E-state index contributed by atoms with van der Waals surface area (Å²) in [6.45, 7) is 5.57. The van der Waals surface area contributed by atoms with Crippen molar-refractivity contribution < 1.29 is 9.32 Å². The monoisotopic (exact) mass is 328 g/mol. The molecule has 0 saturated carbocycles. The van der Waals surface area contributed by atoms with Crippen LogP contribution in [0.15, 0.2) is 28.8 Å². The van der Waals surface area contributed by atoms with Gasteiger partial charge in [-0.25, -0.2) is 4.79 Å². The third-order valence-electron chi connectivity index (χ3n) is 4.32. The molecule has 6 nitrogen and oxygen atoms in total. The Morgan fingerprint density at radius 1 is 1.46 bits per heavy atom. The van der Waals surface area contributed by atoms with Crippen molar-refractivity contribution in [2.45, 2.75) is 45.6 Å². The van der Waals surface area contributed by atoms with Gasteiger partial charge in [-0.1, -0.05) is 42.3 Å². The number of unbranched alkanes of at least 4 members (excludes halogenated alkanes) is 1. The maximum Gasteiger partial charge on any atom is 0.318 e. The Balaban J connectivity index is 1.72. The lowest BCUT2D eigenvalue weighted by atomic mass is 10.1. The first-order valence-electron chi connectivity index (χ1n) is 8.64. The Kier molecular flexibility index (Phi) is 5.13. The second-order valence-electron chi connectivity index (χ2n) is 6.26. The van der Waals surface area contributed by atoms with E-state index in [0.717, 1.165) is 43.4 Å². The number of amides is 2. The molecular formula is C18H24N4O2. The lowest BCUT2D eigenvalue weighted by molar-refractivity contribution is 0.180. The van der Waals surface area contributed by atoms with Crippen molar-refractivity contribution in [2.75, 3.05) is 13.1 Å². The van der Waals surface area contributed by atoms with Crippen LogP contribution in [0.5, 0.6) is 0 Å². The first-order valence-corrected chi connectivity index (χ1v) is 8.64. The van der Waals surface area contributed by atoms with Crippen LogP contribution in [0.2, 0.25) is 0 Å². The molecule has 0 spiro atoms. The summed E-state index contributed by atoms with van der Waals surface area (Å²) >= 11 is 0. The number of hydrogen-bond donors (Lipinski definition) is 1. The summed E-state index contributed by atoms with van der Waals surface area (Å²) < 4.78 is 5.47. The molecule has 2 aromatic rings. The SMILES string of the molecule is CCCCNC(=O)N1CCCC1c1nc(-c2cccc(C)c2)no1. The average molecular weight is 328 g/mol. The molecule has 1 saturated heterocycles. The van der Waals surface area contributed by atoms with E-state index in [2.05, 4.69) is 22.4 Å². The summed E-state index contributed by atoms with van der Waals surface area (Å²) in [4.78, 5) is 18.7. The van der Waals surface area contributed by atoms with Crippen LogP contribution < -0.4 is 5.32 Å². The predicted octanol–water partition coefficient (Wildman–Crippen LogP) is 3.69. The van der Waals surface area contributed by atoms with E-state index in [9.17, 15) is 4.79 Å². The molecule has 6 heteroatoms. The second-order valence-corrected chi connectivity index (χ2v) is 6.26. The van der Waals surface area contributed by atoms with E-state index >= 15 is 0 Å². The number of carbonyl (C=O) groups is 1. The number of rotatable bonds is 5. The van der Waals surface area contributed by atoms with Gasteiger partial charge in [0.2, 0.25) is 11.7 Å². The van der Waals surface area contributed by atoms with Crippen LogP contribution in [-0.2, 0) is 0 Å². The smallest absolute Gasteiger partial charge is 0.318 e. The summed E-state index contributed by atoms with van der Waals surface area (Å²) in [5, 5.41) is 7.07. The Bertz CT molecular complexity index is 698. The topological polar surface area (TPSA) is 71.3 Å². The third kappa shape index (κ3) is 3.58. The number of urea groups is 1. The van der Waals surface area contributed by atoms with Crippen LogP contribution >= 0.6 is 0 Å². The minimum absolute atomic E-state index is 0.0405. The van der Waals surface area contributed by atoms with Gasteiger partial charge < -0.3 is 14.7 Å². The fourth-order valence-electron chi connectivity index (χ4n) is 3.01. The first-order chi connectivity index (χ1) is 11.7. The number of aryl methyl sites for hydroxylation is 1. The highest BCUT2D eigenvalue weighted by molar-refractivity contribution is 5.74. The largest absolute Gasteiger partial charge is 0.338 e. The van der Waals surface area contributed by atoms with E-state index in [1.54, 1.807) is 0 Å². The van der Waals surface area contributed by atoms with E-state index in [-0.39, 0.29) is 12.1 Å². The van der Waals surface area contributed by atoms with Gasteiger partial charge in [0.05, 0.1) is 0 Å². The Morgan fingerprint density at radius 3 is 3.12 bits per heavy atom. The van der Waals surface area contributed by atoms with E-state index in [0.29, 0.717) is 18.3 Å². The van der Waals surface area contributed by atoms with Gasteiger partial charge in [0.25, 0.3) is 0 Å². The summed E-state index contributed by atoms with van der Waals surface area (Å²) in [6.07, 6.45) is 3.86. The molecule has 1 aromatic heterocycles. The molecule has 2 amide bonds. The third-order valence-corrected chi connectivity index (χ3v) is 4.32. The van der Waals surface area contributed by atoms with Crippen LogP contribution in [0, 0.1) is 6.92 Å². The van der Waals surface area contributed by atoms with Gasteiger partial charge in [0.15, 0.2) is 0 Å². The molecule has 1 atom stereocenters. The zero-order chi connectivity index (χ0) is 16.9. The van der Waals surface area contributed by atoms with Crippen molar-refractivity contribution in [3.05, 3.63) is 35.7 Å². The van der Waals surface area contributed by atoms with Crippen LogP contribution in [-0.4, -0.2) is 34.2 Å². The molecule has 0 bridgehead atoms. The van der Waals surface area contributed by atoms with Crippen LogP contribution in [0.4, 0.5) is 4.79 Å². The Hall–Kier alpha value is -2.37. The standard InChI is InChI=1S/C18H24N4O2/c1-3-4-10-19-18(23)22-11-6-9-15(22)17-20-16(21-24-17)14-8-5-7-13(2)12-14/h5,7-8,12,15H,3-4,6,9-11H2,1-2H3,(H,19,23). The van der Waals surface area contributed by atoms with Gasteiger partial charge in [-0.15, -0.1) is 0 Å². The minimum Gasteiger partial charge on any atom is -0.338 e. The summed E-state index contributed by atoms with van der Waals surface area (Å²) in [6, 6.07) is 7.83. The van der Waals surface area contributed by atoms with Gasteiger partial charge >= 0.3 is 6.03 Å². The van der Waals surface area contributed by atoms with E-state index in [4.69, 9.17) is 4.52 Å². The molecule has 24 heavy (non-hydrogen) atoms. The number of likely N-dealkylation sites (tertiary alicyclic amines) is 1. The highest BCUT2D eigenvalue weighted by Crippen LogP contribution is 2.32. The van der Waals surface area contributed by atoms with Crippen LogP contribution in [0.1, 0.15) is 50.1 Å². The Morgan fingerprint density at radius 2 is 2.33 bits per heavy atom. The van der Waals surface area contributed by atoms with Gasteiger partial charge in [0.1, 0.15) is 6.04 Å². The highest BCUT2D eigenvalue weighted by Gasteiger charge is 2.34. The molecule has 2 heterocycles. The number of benzene rings is 1. The summed E-state index contributed by atoms with van der Waals surface area (Å²) in [7, 11) is 0. The number of aromatic nitrogens is 2. The number of nitrogens with one attached hydrogen (secondary N) is 1. The van der Waals surface area contributed by atoms with E-state index in [1.807, 2.05) is 36.1 Å². The highest BCUT2D eigenvalue weighted by atomic mass is 16.5. The van der Waals surface area contributed by atoms with Gasteiger partial charge in [-0.3, -0.25) is 0 Å². The van der Waals surface area contributed by atoms with Gasteiger partial charge in [0, 0.05) is 18.7 Å². The van der Waals surface area contributed by atoms with Crippen molar-refractivity contribution in [3.8, 4) is 11.4 Å². The quantitative estimate of drug-likeness (QED) is 0.850. The van der Waals surface area contributed by atoms with Crippen molar-refractivity contribution in [1.82, 2.24) is 20.4 Å². The lowest BCUT2D eigenvalue weighted by Gasteiger charge is -2.22. The molecule has 3 rings (SSSR count). The van der Waals surface area contributed by atoms with Gasteiger partial charge in [-0.05, 0) is 32.3 Å². The van der Waals surface area contributed by atoms with Crippen molar-refractivity contribution in [2.24, 2.45) is 0 Å². The van der Waals surface area contributed by atoms with Crippen molar-refractivity contribution in [3.63, 3.8) is 0 Å². The predicted molar refractivity (Wildman–Crippen MR) is 91.5 cm³/mol. The molecule has 1 fully saturated rings. The molecule has 1 aromatic carbocycles. The van der Waals surface area contributed by atoms with Crippen molar-refractivity contribution in [1.29, 1.82) is 0 Å². The van der Waals surface area contributed by atoms with E-state index in [1.165, 1.54) is 0 Å². The molecule has 1 aliphatic rings. The molecule has 0 aliphatic carbocycles. The molecule has 0 radical (unpaired) electrons. The maximum absolute atomic E-state index is 12.4. The van der Waals surface area contributed by atoms with Gasteiger partial charge in [-0.2, -0.15) is 4.98 Å². The fourth-order valence-corrected chi connectivity index (χ4v) is 3.01. The second kappa shape index (κ2) is 7.47. The minimum atomic E-state index is -0.127. The number of nitrogens with zero attached hydrogens (tertiary/aromatic N) is 3. The molecular weight excluding hydrogens is 304 g/mol. The summed E-state index contributed by atoms with van der Waals surface area (Å²) in [5.74, 6) is 1.10. The zero-order valence-electron chi connectivity index (χ0n) is 14.3. The van der Waals surface area contributed by atoms with Crippen molar-refractivity contribution >= 4 is 6.03 Å². The van der Waals surface area contributed by atoms with E-state index < -0.39 is 0 Å². The Labute approximate surface area is 142 Å². The number of hydrogen-bond acceptors (Lipinski definition) is 4. The van der Waals surface area contributed by atoms with Crippen LogP contribution in [0.25, 0.3) is 11.4 Å². The normalized spacial score (nSPS) is 17.2. The van der Waals surface area contributed by atoms with Crippen LogP contribution in [0.3, 0.4) is 0 Å². The maximum atomic E-state index is 12.4. The average Bonchev–Trinajstić information content (AvgIpc) is 3.24. The molecule has 1 unspecified atom stereocenters. The molecule has 1 N–H and O–H groups in total. The fraction of sp³-hybridized carbons (Fsp3) is 0.500. The molecule has 1 aliphatic heterocycles. The zero-order valence-corrected chi connectivity index (χ0v) is 14.3. The first kappa shape index (κ1) is 16.5. The number of carbonyl (C=O) groups excluding carboxylic acids is 1.